The van der Waals surface area contributed by atoms with Crippen molar-refractivity contribution in [3.63, 3.8) is 0 Å². The zero-order valence-corrected chi connectivity index (χ0v) is 18.3. The summed E-state index contributed by atoms with van der Waals surface area (Å²) in [5.41, 5.74) is 6.32. The number of fused-ring (bicyclic) bond motifs is 1. The lowest BCUT2D eigenvalue weighted by molar-refractivity contribution is 0.402. The van der Waals surface area contributed by atoms with Gasteiger partial charge in [-0.25, -0.2) is 0 Å². The van der Waals surface area contributed by atoms with Crippen molar-refractivity contribution >= 4 is 34.6 Å². The summed E-state index contributed by atoms with van der Waals surface area (Å²) < 4.78 is 0. The summed E-state index contributed by atoms with van der Waals surface area (Å²) in [5, 5.41) is 17.2. The van der Waals surface area contributed by atoms with E-state index in [1.807, 2.05) is 18.3 Å². The molecule has 30 heavy (non-hydrogen) atoms. The molecule has 6 heteroatoms. The molecule has 0 radical (unpaired) electrons. The molecular formula is C24H23Cl2N3O. The number of hydrogen-bond acceptors (Lipinski definition) is 4. The molecule has 0 aromatic heterocycles. The van der Waals surface area contributed by atoms with Gasteiger partial charge in [-0.2, -0.15) is 0 Å². The predicted octanol–water partition coefficient (Wildman–Crippen LogP) is 6.52. The van der Waals surface area contributed by atoms with Gasteiger partial charge < -0.3 is 20.6 Å². The third-order valence-corrected chi connectivity index (χ3v) is 5.62. The van der Waals surface area contributed by atoms with Gasteiger partial charge in [0, 0.05) is 23.5 Å². The molecular weight excluding hydrogens is 417 g/mol. The van der Waals surface area contributed by atoms with Crippen LogP contribution < -0.4 is 10.6 Å². The van der Waals surface area contributed by atoms with Crippen LogP contribution >= 0.6 is 23.2 Å². The third-order valence-electron chi connectivity index (χ3n) is 5.04. The molecule has 0 aliphatic carbocycles. The maximum Gasteiger partial charge on any atom is 0.152 e. The monoisotopic (exact) mass is 439 g/mol. The maximum absolute atomic E-state index is 9.85. The Morgan fingerprint density at radius 3 is 2.33 bits per heavy atom. The van der Waals surface area contributed by atoms with Crippen LogP contribution in [0, 0.1) is 0 Å². The van der Waals surface area contributed by atoms with Gasteiger partial charge >= 0.3 is 0 Å². The first kappa shape index (κ1) is 20.6. The fraction of sp³-hybridized carbons (Fsp3) is 0.167. The molecule has 1 unspecified atom stereocenters. The van der Waals surface area contributed by atoms with Crippen LogP contribution in [0.4, 0.5) is 11.4 Å². The van der Waals surface area contributed by atoms with E-state index in [-0.39, 0.29) is 21.8 Å². The summed E-state index contributed by atoms with van der Waals surface area (Å²) in [7, 11) is 4.13. The Bertz CT molecular complexity index is 1070. The molecule has 4 rings (SSSR count). The number of hydrogen-bond donors (Lipinski definition) is 3. The molecule has 0 saturated heterocycles. The zero-order chi connectivity index (χ0) is 21.3. The van der Waals surface area contributed by atoms with Crippen LogP contribution in [-0.4, -0.2) is 24.1 Å². The van der Waals surface area contributed by atoms with E-state index in [1.165, 1.54) is 5.56 Å². The van der Waals surface area contributed by atoms with Gasteiger partial charge in [0.15, 0.2) is 5.75 Å². The fourth-order valence-electron chi connectivity index (χ4n) is 3.58. The highest BCUT2D eigenvalue weighted by atomic mass is 35.5. The second kappa shape index (κ2) is 8.60. The first-order valence-electron chi connectivity index (χ1n) is 9.66. The van der Waals surface area contributed by atoms with Crippen LogP contribution in [0.15, 0.2) is 66.9 Å². The summed E-state index contributed by atoms with van der Waals surface area (Å²) in [6, 6.07) is 18.1. The van der Waals surface area contributed by atoms with E-state index in [1.54, 1.807) is 12.1 Å². The average Bonchev–Trinajstić information content (AvgIpc) is 2.72. The third kappa shape index (κ3) is 4.41. The Kier molecular flexibility index (Phi) is 5.91. The van der Waals surface area contributed by atoms with Crippen molar-refractivity contribution in [2.45, 2.75) is 12.6 Å². The smallest absolute Gasteiger partial charge is 0.152 e. The Balaban J connectivity index is 1.62. The van der Waals surface area contributed by atoms with Gasteiger partial charge in [0.25, 0.3) is 0 Å². The van der Waals surface area contributed by atoms with E-state index < -0.39 is 0 Å². The highest BCUT2D eigenvalue weighted by Crippen LogP contribution is 2.39. The topological polar surface area (TPSA) is 47.5 Å². The molecule has 1 aliphatic rings. The predicted molar refractivity (Wildman–Crippen MR) is 127 cm³/mol. The van der Waals surface area contributed by atoms with Gasteiger partial charge in [-0.1, -0.05) is 41.4 Å². The molecule has 0 amide bonds. The van der Waals surface area contributed by atoms with E-state index in [2.05, 4.69) is 66.0 Å². The van der Waals surface area contributed by atoms with E-state index in [0.717, 1.165) is 34.6 Å². The largest absolute Gasteiger partial charge is 0.505 e. The second-order valence-electron chi connectivity index (χ2n) is 7.65. The number of aromatic hydroxyl groups is 1. The van der Waals surface area contributed by atoms with E-state index in [0.29, 0.717) is 0 Å². The van der Waals surface area contributed by atoms with Crippen molar-refractivity contribution in [2.75, 3.05) is 24.7 Å². The lowest BCUT2D eigenvalue weighted by Gasteiger charge is -2.25. The molecule has 3 N–H and O–H groups in total. The maximum atomic E-state index is 9.85. The Morgan fingerprint density at radius 1 is 0.967 bits per heavy atom. The standard InChI is InChI=1S/C24H23Cl2N3O/c1-29(2)14-15-3-6-18(7-4-15)28-23-9-10-27-22-8-5-16(11-19(22)23)17-12-20(25)24(30)21(26)13-17/h3-13,23,27-28,30H,14H2,1-2H3. The number of anilines is 2. The van der Waals surface area contributed by atoms with E-state index in [9.17, 15) is 5.11 Å². The number of phenolic OH excluding ortho intramolecular Hbond substituents is 1. The second-order valence-corrected chi connectivity index (χ2v) is 8.47. The van der Waals surface area contributed by atoms with Crippen LogP contribution in [0.25, 0.3) is 11.1 Å². The average molecular weight is 440 g/mol. The molecule has 0 bridgehead atoms. The van der Waals surface area contributed by atoms with Crippen LogP contribution in [-0.2, 0) is 6.54 Å². The normalized spacial score (nSPS) is 15.0. The quantitative estimate of drug-likeness (QED) is 0.423. The molecule has 154 valence electrons. The number of nitrogens with one attached hydrogen (secondary N) is 2. The SMILES string of the molecule is CN(C)Cc1ccc(NC2C=CNc3ccc(-c4cc(Cl)c(O)c(Cl)c4)cc32)cc1. The number of halogens is 2. The van der Waals surface area contributed by atoms with Gasteiger partial charge in [0.05, 0.1) is 16.1 Å². The summed E-state index contributed by atoms with van der Waals surface area (Å²) in [6.45, 7) is 0.914. The zero-order valence-electron chi connectivity index (χ0n) is 16.8. The van der Waals surface area contributed by atoms with Gasteiger partial charge in [-0.15, -0.1) is 0 Å². The molecule has 0 spiro atoms. The Labute approximate surface area is 186 Å². The minimum absolute atomic E-state index is 0.0176. The van der Waals surface area contributed by atoms with Crippen molar-refractivity contribution < 1.29 is 5.11 Å². The van der Waals surface area contributed by atoms with Crippen molar-refractivity contribution in [3.05, 3.63) is 88.0 Å². The van der Waals surface area contributed by atoms with E-state index in [4.69, 9.17) is 23.2 Å². The van der Waals surface area contributed by atoms with E-state index >= 15 is 0 Å². The fourth-order valence-corrected chi connectivity index (χ4v) is 4.07. The summed E-state index contributed by atoms with van der Waals surface area (Å²) >= 11 is 12.2. The van der Waals surface area contributed by atoms with Gasteiger partial charge in [0.2, 0.25) is 0 Å². The molecule has 0 fully saturated rings. The van der Waals surface area contributed by atoms with Gasteiger partial charge in [-0.05, 0) is 79.5 Å². The molecule has 3 aromatic carbocycles. The van der Waals surface area contributed by atoms with Crippen LogP contribution in [0.3, 0.4) is 0 Å². The van der Waals surface area contributed by atoms with Gasteiger partial charge in [-0.3, -0.25) is 0 Å². The van der Waals surface area contributed by atoms with Crippen molar-refractivity contribution in [2.24, 2.45) is 0 Å². The minimum Gasteiger partial charge on any atom is -0.505 e. The van der Waals surface area contributed by atoms with Crippen LogP contribution in [0.1, 0.15) is 17.2 Å². The van der Waals surface area contributed by atoms with Crippen molar-refractivity contribution in [1.82, 2.24) is 4.90 Å². The number of phenols is 1. The van der Waals surface area contributed by atoms with Crippen LogP contribution in [0.5, 0.6) is 5.75 Å². The van der Waals surface area contributed by atoms with Crippen LogP contribution in [0.2, 0.25) is 10.0 Å². The Hall–Kier alpha value is -2.66. The molecule has 1 atom stereocenters. The number of nitrogens with zero attached hydrogens (tertiary/aromatic N) is 1. The highest BCUT2D eigenvalue weighted by molar-refractivity contribution is 6.37. The number of benzene rings is 3. The number of rotatable bonds is 5. The minimum atomic E-state index is -0.0955. The molecule has 3 aromatic rings. The van der Waals surface area contributed by atoms with Crippen molar-refractivity contribution in [3.8, 4) is 16.9 Å². The molecule has 1 heterocycles. The molecule has 4 nitrogen and oxygen atoms in total. The first-order valence-corrected chi connectivity index (χ1v) is 10.4. The summed E-state index contributed by atoms with van der Waals surface area (Å²) in [4.78, 5) is 2.15. The van der Waals surface area contributed by atoms with Gasteiger partial charge in [0.1, 0.15) is 0 Å². The first-order chi connectivity index (χ1) is 14.4. The molecule has 0 saturated carbocycles. The lowest BCUT2D eigenvalue weighted by atomic mass is 9.95. The van der Waals surface area contributed by atoms with Crippen molar-refractivity contribution in [1.29, 1.82) is 0 Å². The summed E-state index contributed by atoms with van der Waals surface area (Å²) in [5.74, 6) is -0.0955. The summed E-state index contributed by atoms with van der Waals surface area (Å²) in [6.07, 6.45) is 4.05. The Morgan fingerprint density at radius 2 is 1.67 bits per heavy atom. The molecule has 1 aliphatic heterocycles. The lowest BCUT2D eigenvalue weighted by Crippen LogP contribution is -2.14. The highest BCUT2D eigenvalue weighted by Gasteiger charge is 2.18.